The van der Waals surface area contributed by atoms with E-state index in [0.29, 0.717) is 4.90 Å². The molecule has 0 aliphatic carbocycles. The molecule has 0 N–H and O–H groups in total. The van der Waals surface area contributed by atoms with Gasteiger partial charge in [-0.05, 0) is 19.1 Å². The van der Waals surface area contributed by atoms with Crippen LogP contribution in [0.4, 0.5) is 11.4 Å². The monoisotopic (exact) mass is 362 g/mol. The predicted molar refractivity (Wildman–Crippen MR) is 88.8 cm³/mol. The minimum atomic E-state index is -0.419. The first-order chi connectivity index (χ1) is 10.00. The molecule has 0 spiro atoms. The SMILES string of the molecule is C[C@@]1(Br)C(Sc2ccccc2[N+](=O)[O-])=Nc2ccccc21. The van der Waals surface area contributed by atoms with Crippen LogP contribution in [0, 0.1) is 10.1 Å². The minimum Gasteiger partial charge on any atom is -0.258 e. The predicted octanol–water partition coefficient (Wildman–Crippen LogP) is 5.04. The van der Waals surface area contributed by atoms with Gasteiger partial charge in [0.15, 0.2) is 0 Å². The van der Waals surface area contributed by atoms with E-state index < -0.39 is 4.32 Å². The van der Waals surface area contributed by atoms with Crippen LogP contribution in [0.3, 0.4) is 0 Å². The zero-order valence-electron chi connectivity index (χ0n) is 11.1. The Balaban J connectivity index is 2.00. The van der Waals surface area contributed by atoms with Gasteiger partial charge in [0, 0.05) is 11.6 Å². The normalized spacial score (nSPS) is 20.0. The van der Waals surface area contributed by atoms with Crippen molar-refractivity contribution in [2.45, 2.75) is 16.1 Å². The number of fused-ring (bicyclic) bond motifs is 1. The lowest BCUT2D eigenvalue weighted by molar-refractivity contribution is -0.387. The third-order valence-electron chi connectivity index (χ3n) is 3.30. The number of hydrogen-bond acceptors (Lipinski definition) is 4. The average molecular weight is 363 g/mol. The maximum atomic E-state index is 11.1. The number of para-hydroxylation sites is 2. The van der Waals surface area contributed by atoms with Crippen LogP contribution >= 0.6 is 27.7 Å². The van der Waals surface area contributed by atoms with Crippen molar-refractivity contribution >= 4 is 44.1 Å². The van der Waals surface area contributed by atoms with Crippen molar-refractivity contribution in [1.82, 2.24) is 0 Å². The molecule has 1 aliphatic rings. The molecule has 2 aromatic carbocycles. The highest BCUT2D eigenvalue weighted by Crippen LogP contribution is 2.49. The summed E-state index contributed by atoms with van der Waals surface area (Å²) in [7, 11) is 0. The first-order valence-corrected chi connectivity index (χ1v) is 7.90. The van der Waals surface area contributed by atoms with Crippen LogP contribution in [0.25, 0.3) is 0 Å². The van der Waals surface area contributed by atoms with Crippen molar-refractivity contribution in [1.29, 1.82) is 0 Å². The van der Waals surface area contributed by atoms with Gasteiger partial charge in [-0.15, -0.1) is 0 Å². The van der Waals surface area contributed by atoms with Gasteiger partial charge in [-0.3, -0.25) is 10.1 Å². The van der Waals surface area contributed by atoms with Crippen molar-refractivity contribution in [2.75, 3.05) is 0 Å². The van der Waals surface area contributed by atoms with E-state index in [2.05, 4.69) is 20.9 Å². The lowest BCUT2D eigenvalue weighted by Crippen LogP contribution is -2.18. The molecule has 0 radical (unpaired) electrons. The van der Waals surface area contributed by atoms with E-state index in [1.54, 1.807) is 18.2 Å². The van der Waals surface area contributed by atoms with E-state index in [-0.39, 0.29) is 10.6 Å². The Morgan fingerprint density at radius 2 is 1.86 bits per heavy atom. The topological polar surface area (TPSA) is 55.5 Å². The Morgan fingerprint density at radius 3 is 2.57 bits per heavy atom. The quantitative estimate of drug-likeness (QED) is 0.427. The summed E-state index contributed by atoms with van der Waals surface area (Å²) in [5.74, 6) is 0. The van der Waals surface area contributed by atoms with Crippen molar-refractivity contribution in [2.24, 2.45) is 4.99 Å². The van der Waals surface area contributed by atoms with E-state index >= 15 is 0 Å². The standard InChI is InChI=1S/C15H11BrN2O2S/c1-15(16)10-6-2-3-7-11(10)17-14(15)21-13-9-5-4-8-12(13)18(19)20/h2-9H,1H3/t15-/m0/s1. The second-order valence-electron chi connectivity index (χ2n) is 4.76. The Morgan fingerprint density at radius 1 is 1.19 bits per heavy atom. The first-order valence-electron chi connectivity index (χ1n) is 6.29. The molecule has 0 saturated heterocycles. The molecule has 0 unspecified atom stereocenters. The van der Waals surface area contributed by atoms with E-state index in [1.807, 2.05) is 31.2 Å². The molecule has 0 saturated carbocycles. The molecule has 2 aromatic rings. The van der Waals surface area contributed by atoms with Crippen LogP contribution in [0.2, 0.25) is 0 Å². The van der Waals surface area contributed by atoms with Gasteiger partial charge in [0.25, 0.3) is 5.69 Å². The van der Waals surface area contributed by atoms with Crippen LogP contribution in [-0.4, -0.2) is 9.97 Å². The van der Waals surface area contributed by atoms with Gasteiger partial charge in [-0.25, -0.2) is 4.99 Å². The zero-order valence-corrected chi connectivity index (χ0v) is 13.5. The summed E-state index contributed by atoms with van der Waals surface area (Å²) in [6, 6.07) is 14.6. The van der Waals surface area contributed by atoms with Gasteiger partial charge in [-0.1, -0.05) is 58.0 Å². The van der Waals surface area contributed by atoms with Crippen molar-refractivity contribution in [3.8, 4) is 0 Å². The zero-order chi connectivity index (χ0) is 15.0. The van der Waals surface area contributed by atoms with Gasteiger partial charge in [-0.2, -0.15) is 0 Å². The summed E-state index contributed by atoms with van der Waals surface area (Å²) < 4.78 is -0.419. The smallest absolute Gasteiger partial charge is 0.258 e. The molecule has 21 heavy (non-hydrogen) atoms. The molecule has 1 heterocycles. The van der Waals surface area contributed by atoms with E-state index in [4.69, 9.17) is 0 Å². The third kappa shape index (κ3) is 2.49. The minimum absolute atomic E-state index is 0.101. The van der Waals surface area contributed by atoms with Gasteiger partial charge in [0.05, 0.1) is 24.9 Å². The lowest BCUT2D eigenvalue weighted by atomic mass is 10.0. The Bertz CT molecular complexity index is 759. The lowest BCUT2D eigenvalue weighted by Gasteiger charge is -2.19. The van der Waals surface area contributed by atoms with Crippen LogP contribution in [0.1, 0.15) is 12.5 Å². The van der Waals surface area contributed by atoms with Crippen molar-refractivity contribution in [3.63, 3.8) is 0 Å². The molecule has 106 valence electrons. The number of thioether (sulfide) groups is 1. The molecule has 0 aromatic heterocycles. The van der Waals surface area contributed by atoms with Gasteiger partial charge < -0.3 is 0 Å². The summed E-state index contributed by atoms with van der Waals surface area (Å²) in [4.78, 5) is 16.0. The van der Waals surface area contributed by atoms with Gasteiger partial charge >= 0.3 is 0 Å². The Hall–Kier alpha value is -1.66. The van der Waals surface area contributed by atoms with Crippen LogP contribution in [0.5, 0.6) is 0 Å². The van der Waals surface area contributed by atoms with Gasteiger partial charge in [0.2, 0.25) is 0 Å². The fourth-order valence-corrected chi connectivity index (χ4v) is 3.93. The number of nitrogens with zero attached hydrogens (tertiary/aromatic N) is 2. The summed E-state index contributed by atoms with van der Waals surface area (Å²) >= 11 is 5.04. The number of nitro benzene ring substituents is 1. The molecule has 0 amide bonds. The summed E-state index contributed by atoms with van der Waals surface area (Å²) in [6.45, 7) is 2.01. The largest absolute Gasteiger partial charge is 0.283 e. The highest BCUT2D eigenvalue weighted by Gasteiger charge is 2.38. The number of nitro groups is 1. The molecule has 0 bridgehead atoms. The summed E-state index contributed by atoms with van der Waals surface area (Å²) in [6.07, 6.45) is 0. The van der Waals surface area contributed by atoms with E-state index in [1.165, 1.54) is 17.8 Å². The van der Waals surface area contributed by atoms with Crippen LogP contribution in [0.15, 0.2) is 58.4 Å². The molecule has 6 heteroatoms. The second kappa shape index (κ2) is 5.27. The Labute approximate surface area is 134 Å². The number of rotatable bonds is 2. The van der Waals surface area contributed by atoms with Crippen LogP contribution < -0.4 is 0 Å². The van der Waals surface area contributed by atoms with Crippen LogP contribution in [-0.2, 0) is 4.32 Å². The highest BCUT2D eigenvalue weighted by atomic mass is 79.9. The van der Waals surface area contributed by atoms with Crippen molar-refractivity contribution < 1.29 is 4.92 Å². The number of aliphatic imine (C=N–C) groups is 1. The molecule has 1 atom stereocenters. The number of halogens is 1. The molecule has 3 rings (SSSR count). The van der Waals surface area contributed by atoms with Gasteiger partial charge in [0.1, 0.15) is 0 Å². The Kier molecular flexibility index (Phi) is 3.59. The van der Waals surface area contributed by atoms with E-state index in [0.717, 1.165) is 16.3 Å². The third-order valence-corrected chi connectivity index (χ3v) is 5.63. The fourth-order valence-electron chi connectivity index (χ4n) is 2.21. The highest BCUT2D eigenvalue weighted by molar-refractivity contribution is 9.10. The maximum Gasteiger partial charge on any atom is 0.283 e. The number of hydrogen-bond donors (Lipinski definition) is 0. The van der Waals surface area contributed by atoms with Crippen molar-refractivity contribution in [3.05, 3.63) is 64.2 Å². The summed E-state index contributed by atoms with van der Waals surface area (Å²) in [5, 5.41) is 11.9. The number of alkyl halides is 1. The van der Waals surface area contributed by atoms with E-state index in [9.17, 15) is 10.1 Å². The average Bonchev–Trinajstić information content (AvgIpc) is 2.71. The maximum absolute atomic E-state index is 11.1. The fraction of sp³-hybridized carbons (Fsp3) is 0.133. The second-order valence-corrected chi connectivity index (χ2v) is 7.38. The number of benzene rings is 2. The molecule has 1 aliphatic heterocycles. The molecule has 4 nitrogen and oxygen atoms in total. The summed E-state index contributed by atoms with van der Waals surface area (Å²) in [5.41, 5.74) is 2.08. The first kappa shape index (κ1) is 14.3. The molecule has 0 fully saturated rings. The molecular formula is C15H11BrN2O2S. The molecular weight excluding hydrogens is 352 g/mol.